The Labute approximate surface area is 181 Å². The number of aromatic nitrogens is 2. The van der Waals surface area contributed by atoms with Gasteiger partial charge in [-0.25, -0.2) is 14.4 Å². The van der Waals surface area contributed by atoms with Crippen molar-refractivity contribution in [1.82, 2.24) is 9.97 Å². The molecule has 0 unspecified atom stereocenters. The number of nitrogens with zero attached hydrogens (tertiary/aromatic N) is 3. The van der Waals surface area contributed by atoms with E-state index in [1.807, 2.05) is 23.5 Å². The van der Waals surface area contributed by atoms with Gasteiger partial charge in [-0.15, -0.1) is 0 Å². The number of halogens is 1. The maximum atomic E-state index is 14.6. The number of nitrogens with one attached hydrogen (secondary N) is 1. The molecule has 1 aliphatic heterocycles. The van der Waals surface area contributed by atoms with Gasteiger partial charge >= 0.3 is 0 Å². The largest absolute Gasteiger partial charge is 0.498 e. The molecule has 0 fully saturated rings. The number of ether oxygens (including phenoxy) is 2. The lowest BCUT2D eigenvalue weighted by Crippen LogP contribution is -2.38. The molecule has 2 heterocycles. The van der Waals surface area contributed by atoms with Gasteiger partial charge < -0.3 is 26.3 Å². The van der Waals surface area contributed by atoms with Crippen molar-refractivity contribution in [3.8, 4) is 5.88 Å². The number of anilines is 2. The van der Waals surface area contributed by atoms with Crippen LogP contribution in [0.2, 0.25) is 0 Å². The summed E-state index contributed by atoms with van der Waals surface area (Å²) >= 11 is 0. The second kappa shape index (κ2) is 7.97. The van der Waals surface area contributed by atoms with E-state index < -0.39 is 22.6 Å². The summed E-state index contributed by atoms with van der Waals surface area (Å²) in [6, 6.07) is 4.05. The second-order valence-electron chi connectivity index (χ2n) is 8.26. The zero-order valence-electron chi connectivity index (χ0n) is 18.0. The SMILES string of the molecule is BC(B)(B)Oc1cnc(C(=O)Nc2ccc(F)c([C@]3(C)C=C(C)OC(N)=N3)c2)c(N)n1. The van der Waals surface area contributed by atoms with Crippen LogP contribution in [0.3, 0.4) is 0 Å². The van der Waals surface area contributed by atoms with E-state index >= 15 is 0 Å². The quantitative estimate of drug-likeness (QED) is 0.516. The second-order valence-corrected chi connectivity index (χ2v) is 8.26. The van der Waals surface area contributed by atoms with Crippen molar-refractivity contribution in [2.45, 2.75) is 24.7 Å². The van der Waals surface area contributed by atoms with Crippen LogP contribution < -0.4 is 21.5 Å². The number of amides is 1. The van der Waals surface area contributed by atoms with Gasteiger partial charge in [0.1, 0.15) is 40.7 Å². The molecule has 0 bridgehead atoms. The average molecular weight is 422 g/mol. The van der Waals surface area contributed by atoms with E-state index in [0.717, 1.165) is 0 Å². The lowest BCUT2D eigenvalue weighted by Gasteiger charge is -2.27. The van der Waals surface area contributed by atoms with Crippen LogP contribution in [0.4, 0.5) is 15.9 Å². The van der Waals surface area contributed by atoms with Crippen LogP contribution in [-0.4, -0.2) is 50.7 Å². The first kappa shape index (κ1) is 22.2. The van der Waals surface area contributed by atoms with Crippen molar-refractivity contribution in [2.75, 3.05) is 11.1 Å². The van der Waals surface area contributed by atoms with Crippen LogP contribution in [-0.2, 0) is 10.3 Å². The molecule has 0 saturated heterocycles. The molecule has 0 radical (unpaired) electrons. The number of amidine groups is 1. The maximum Gasteiger partial charge on any atom is 0.288 e. The minimum absolute atomic E-state index is 0.0723. The molecule has 0 spiro atoms. The minimum Gasteiger partial charge on any atom is -0.498 e. The third-order valence-corrected chi connectivity index (χ3v) is 4.27. The van der Waals surface area contributed by atoms with Gasteiger partial charge in [-0.3, -0.25) is 4.79 Å². The molecule has 0 aliphatic carbocycles. The highest BCUT2D eigenvalue weighted by Crippen LogP contribution is 2.34. The Kier molecular flexibility index (Phi) is 5.71. The van der Waals surface area contributed by atoms with E-state index in [4.69, 9.17) is 20.9 Å². The summed E-state index contributed by atoms with van der Waals surface area (Å²) in [7, 11) is 5.56. The highest BCUT2D eigenvalue weighted by Gasteiger charge is 2.31. The smallest absolute Gasteiger partial charge is 0.288 e. The Morgan fingerprint density at radius 3 is 2.65 bits per heavy atom. The Morgan fingerprint density at radius 1 is 1.32 bits per heavy atom. The van der Waals surface area contributed by atoms with Gasteiger partial charge in [0.05, 0.1) is 6.20 Å². The van der Waals surface area contributed by atoms with E-state index in [0.29, 0.717) is 11.4 Å². The van der Waals surface area contributed by atoms with E-state index in [-0.39, 0.29) is 29.0 Å². The number of aliphatic imine (C=N–C) groups is 1. The summed E-state index contributed by atoms with van der Waals surface area (Å²) in [4.78, 5) is 25.0. The van der Waals surface area contributed by atoms with E-state index in [1.165, 1.54) is 24.4 Å². The standard InChI is InChI=1S/C18H22B3FN6O3/c1-8-6-17(2,28-16(24)30-8)10-5-9(3-4-11(10)22)26-15(29)13-14(23)27-12(7-25-13)31-18(19,20)21/h3-7H,19-21H2,1-2H3,(H2,23,27)(H2,24,28)(H,26,29)/t17-/m0/s1. The van der Waals surface area contributed by atoms with Crippen LogP contribution >= 0.6 is 0 Å². The van der Waals surface area contributed by atoms with Gasteiger partial charge in [0, 0.05) is 16.5 Å². The number of nitrogen functional groups attached to an aromatic ring is 1. The summed E-state index contributed by atoms with van der Waals surface area (Å²) in [6.07, 6.45) is 2.96. The normalized spacial score (nSPS) is 18.4. The Hall–Kier alpha value is -3.50. The number of carbonyl (C=O) groups is 1. The number of benzene rings is 1. The van der Waals surface area contributed by atoms with Crippen molar-refractivity contribution in [3.05, 3.63) is 53.3 Å². The molecule has 5 N–H and O–H groups in total. The van der Waals surface area contributed by atoms with Gasteiger partial charge in [0.25, 0.3) is 11.9 Å². The Balaban J connectivity index is 1.87. The van der Waals surface area contributed by atoms with E-state index in [1.54, 1.807) is 19.9 Å². The molecule has 1 aromatic heterocycles. The van der Waals surface area contributed by atoms with Crippen LogP contribution in [0.1, 0.15) is 29.9 Å². The van der Waals surface area contributed by atoms with Gasteiger partial charge in [-0.2, -0.15) is 4.98 Å². The highest BCUT2D eigenvalue weighted by molar-refractivity contribution is 6.58. The molecular formula is C18H22B3FN6O3. The highest BCUT2D eigenvalue weighted by atomic mass is 19.1. The van der Waals surface area contributed by atoms with Gasteiger partial charge in [0.15, 0.2) is 11.5 Å². The van der Waals surface area contributed by atoms with Gasteiger partial charge in [0.2, 0.25) is 5.88 Å². The first-order valence-electron chi connectivity index (χ1n) is 9.52. The van der Waals surface area contributed by atoms with Crippen LogP contribution in [0.25, 0.3) is 0 Å². The number of hydrogen-bond donors (Lipinski definition) is 3. The third kappa shape index (κ3) is 5.17. The molecule has 1 aromatic carbocycles. The molecular weight excluding hydrogens is 400 g/mol. The minimum atomic E-state index is -1.10. The molecule has 9 nitrogen and oxygen atoms in total. The summed E-state index contributed by atoms with van der Waals surface area (Å²) < 4.78 is 25.4. The molecule has 1 amide bonds. The fourth-order valence-corrected chi connectivity index (χ4v) is 3.12. The Morgan fingerprint density at radius 2 is 2.03 bits per heavy atom. The number of carbonyl (C=O) groups excluding carboxylic acids is 1. The lowest BCUT2D eigenvalue weighted by atomic mass is 9.52. The molecule has 3 rings (SSSR count). The van der Waals surface area contributed by atoms with Gasteiger partial charge in [-0.1, -0.05) is 0 Å². The summed E-state index contributed by atoms with van der Waals surface area (Å²) in [5.74, 6) is -0.503. The summed E-state index contributed by atoms with van der Waals surface area (Å²) in [5, 5.41) is 2.16. The van der Waals surface area contributed by atoms with Crippen molar-refractivity contribution < 1.29 is 18.7 Å². The van der Waals surface area contributed by atoms with Crippen LogP contribution in [0.5, 0.6) is 5.88 Å². The number of rotatable bonds is 5. The predicted octanol–water partition coefficient (Wildman–Crippen LogP) is -1.20. The zero-order valence-corrected chi connectivity index (χ0v) is 18.0. The molecule has 0 saturated carbocycles. The van der Waals surface area contributed by atoms with Crippen molar-refractivity contribution >= 4 is 47.0 Å². The van der Waals surface area contributed by atoms with Crippen molar-refractivity contribution in [1.29, 1.82) is 0 Å². The molecule has 1 aliphatic rings. The van der Waals surface area contributed by atoms with Crippen molar-refractivity contribution in [2.24, 2.45) is 10.7 Å². The number of hydrogen-bond acceptors (Lipinski definition) is 8. The topological polar surface area (TPSA) is 138 Å². The fourth-order valence-electron chi connectivity index (χ4n) is 3.12. The first-order valence-corrected chi connectivity index (χ1v) is 9.52. The number of allylic oxidation sites excluding steroid dienone is 1. The summed E-state index contributed by atoms with van der Waals surface area (Å²) in [5.41, 5.74) is 11.0. The average Bonchev–Trinajstić information content (AvgIpc) is 2.60. The molecule has 158 valence electrons. The molecule has 31 heavy (non-hydrogen) atoms. The third-order valence-electron chi connectivity index (χ3n) is 4.27. The summed E-state index contributed by atoms with van der Waals surface area (Å²) in [6.45, 7) is 3.38. The van der Waals surface area contributed by atoms with Crippen molar-refractivity contribution in [3.63, 3.8) is 0 Å². The Bertz CT molecular complexity index is 1090. The predicted molar refractivity (Wildman–Crippen MR) is 124 cm³/mol. The molecule has 2 aromatic rings. The fraction of sp³-hybridized carbons (Fsp3) is 0.222. The van der Waals surface area contributed by atoms with Crippen LogP contribution in [0.15, 0.2) is 41.2 Å². The lowest BCUT2D eigenvalue weighted by molar-refractivity contribution is 0.102. The van der Waals surface area contributed by atoms with E-state index in [2.05, 4.69) is 20.3 Å². The van der Waals surface area contributed by atoms with Gasteiger partial charge in [-0.05, 0) is 38.1 Å². The molecule has 1 atom stereocenters. The van der Waals surface area contributed by atoms with E-state index in [9.17, 15) is 9.18 Å². The first-order chi connectivity index (χ1) is 14.4. The maximum absolute atomic E-state index is 14.6. The monoisotopic (exact) mass is 422 g/mol. The number of nitrogens with two attached hydrogens (primary N) is 2. The molecule has 13 heteroatoms. The zero-order chi connectivity index (χ0) is 23.0. The van der Waals surface area contributed by atoms with Crippen LogP contribution in [0, 0.1) is 5.82 Å².